The Bertz CT molecular complexity index is 222. The minimum atomic E-state index is -1.12. The molecule has 1 atom stereocenters. The zero-order valence-electron chi connectivity index (χ0n) is 8.53. The van der Waals surface area contributed by atoms with Crippen LogP contribution in [-0.2, 0) is 14.4 Å². The molecule has 0 saturated carbocycles. The minimum Gasteiger partial charge on any atom is -0.481 e. The molecule has 0 aromatic carbocycles. The van der Waals surface area contributed by atoms with Crippen molar-refractivity contribution in [3.8, 4) is 0 Å². The summed E-state index contributed by atoms with van der Waals surface area (Å²) in [6.07, 6.45) is -0.417. The van der Waals surface area contributed by atoms with Crippen LogP contribution in [0.4, 0.5) is 0 Å². The zero-order valence-corrected chi connectivity index (χ0v) is 8.53. The second-order valence-electron chi connectivity index (χ2n) is 3.89. The first-order valence-corrected chi connectivity index (χ1v) is 4.17. The third-order valence-corrected chi connectivity index (χ3v) is 1.19. The number of carboxylic acids is 1. The van der Waals surface area contributed by atoms with Gasteiger partial charge >= 0.3 is 5.97 Å². The molecule has 0 rings (SSSR count). The van der Waals surface area contributed by atoms with Crippen molar-refractivity contribution in [1.82, 2.24) is 5.48 Å². The van der Waals surface area contributed by atoms with E-state index in [-0.39, 0.29) is 0 Å². The first-order valence-electron chi connectivity index (χ1n) is 4.17. The molecule has 0 heterocycles. The number of amides is 1. The van der Waals surface area contributed by atoms with Crippen molar-refractivity contribution in [1.29, 1.82) is 0 Å². The highest BCUT2D eigenvalue weighted by Crippen LogP contribution is 2.03. The van der Waals surface area contributed by atoms with Gasteiger partial charge in [-0.2, -0.15) is 0 Å². The van der Waals surface area contributed by atoms with E-state index in [1.807, 2.05) is 0 Å². The summed E-state index contributed by atoms with van der Waals surface area (Å²) in [5, 5.41) is 8.36. The molecule has 0 saturated heterocycles. The van der Waals surface area contributed by atoms with Crippen LogP contribution in [0.1, 0.15) is 27.2 Å². The molecular formula is C8H16N2O4. The number of nitrogens with one attached hydrogen (secondary N) is 1. The smallest absolute Gasteiger partial charge is 0.305 e. The average Bonchev–Trinajstić information content (AvgIpc) is 1.97. The lowest BCUT2D eigenvalue weighted by Crippen LogP contribution is -2.44. The Morgan fingerprint density at radius 2 is 2.00 bits per heavy atom. The Morgan fingerprint density at radius 1 is 1.50 bits per heavy atom. The third kappa shape index (κ3) is 6.38. The zero-order chi connectivity index (χ0) is 11.4. The molecule has 0 aliphatic rings. The SMILES string of the molecule is CC(C)(C)ONC(=O)C(N)CC(=O)O. The van der Waals surface area contributed by atoms with Crippen LogP contribution in [0.15, 0.2) is 0 Å². The number of hydroxylamine groups is 1. The molecular weight excluding hydrogens is 188 g/mol. The largest absolute Gasteiger partial charge is 0.481 e. The number of carboxylic acid groups (broad SMARTS) is 1. The van der Waals surface area contributed by atoms with Gasteiger partial charge in [0.1, 0.15) is 0 Å². The summed E-state index contributed by atoms with van der Waals surface area (Å²) < 4.78 is 0. The van der Waals surface area contributed by atoms with E-state index < -0.39 is 29.9 Å². The number of nitrogens with two attached hydrogens (primary N) is 1. The normalized spacial score (nSPS) is 13.4. The van der Waals surface area contributed by atoms with E-state index in [0.717, 1.165) is 0 Å². The van der Waals surface area contributed by atoms with Crippen molar-refractivity contribution in [2.24, 2.45) is 5.73 Å². The lowest BCUT2D eigenvalue weighted by molar-refractivity contribution is -0.150. The van der Waals surface area contributed by atoms with E-state index >= 15 is 0 Å². The number of carbonyl (C=O) groups excluding carboxylic acids is 1. The van der Waals surface area contributed by atoms with E-state index in [1.165, 1.54) is 0 Å². The summed E-state index contributed by atoms with van der Waals surface area (Å²) >= 11 is 0. The topological polar surface area (TPSA) is 102 Å². The molecule has 0 aromatic rings. The van der Waals surface area contributed by atoms with Crippen LogP contribution in [0.3, 0.4) is 0 Å². The quantitative estimate of drug-likeness (QED) is 0.542. The van der Waals surface area contributed by atoms with Gasteiger partial charge in [0.2, 0.25) is 0 Å². The van der Waals surface area contributed by atoms with Gasteiger partial charge in [-0.15, -0.1) is 0 Å². The highest BCUT2D eigenvalue weighted by molar-refractivity contribution is 5.85. The summed E-state index contributed by atoms with van der Waals surface area (Å²) in [4.78, 5) is 26.2. The lowest BCUT2D eigenvalue weighted by Gasteiger charge is -2.20. The molecule has 0 aromatic heterocycles. The summed E-state index contributed by atoms with van der Waals surface area (Å²) in [7, 11) is 0. The monoisotopic (exact) mass is 204 g/mol. The average molecular weight is 204 g/mol. The van der Waals surface area contributed by atoms with Crippen LogP contribution in [0, 0.1) is 0 Å². The number of rotatable bonds is 4. The maximum absolute atomic E-state index is 11.1. The van der Waals surface area contributed by atoms with Crippen LogP contribution >= 0.6 is 0 Å². The van der Waals surface area contributed by atoms with Crippen LogP contribution in [0.25, 0.3) is 0 Å². The van der Waals surface area contributed by atoms with Crippen LogP contribution in [0.2, 0.25) is 0 Å². The van der Waals surface area contributed by atoms with Gasteiger partial charge in [-0.1, -0.05) is 0 Å². The highest BCUT2D eigenvalue weighted by Gasteiger charge is 2.19. The van der Waals surface area contributed by atoms with Crippen molar-refractivity contribution in [3.63, 3.8) is 0 Å². The fourth-order valence-electron chi connectivity index (χ4n) is 0.560. The Balaban J connectivity index is 3.91. The fraction of sp³-hybridized carbons (Fsp3) is 0.750. The molecule has 0 aliphatic heterocycles. The van der Waals surface area contributed by atoms with Crippen molar-refractivity contribution >= 4 is 11.9 Å². The van der Waals surface area contributed by atoms with Crippen LogP contribution in [-0.4, -0.2) is 28.6 Å². The summed E-state index contributed by atoms with van der Waals surface area (Å²) in [5.74, 6) is -1.76. The highest BCUT2D eigenvalue weighted by atomic mass is 16.7. The molecule has 0 fully saturated rings. The molecule has 1 unspecified atom stereocenters. The Labute approximate surface area is 82.4 Å². The molecule has 0 spiro atoms. The second kappa shape index (κ2) is 4.92. The third-order valence-electron chi connectivity index (χ3n) is 1.19. The molecule has 82 valence electrons. The van der Waals surface area contributed by atoms with Gasteiger partial charge < -0.3 is 10.8 Å². The molecule has 0 bridgehead atoms. The van der Waals surface area contributed by atoms with Gasteiger partial charge in [0.15, 0.2) is 0 Å². The number of carbonyl (C=O) groups is 2. The van der Waals surface area contributed by atoms with Crippen molar-refractivity contribution in [2.75, 3.05) is 0 Å². The second-order valence-corrected chi connectivity index (χ2v) is 3.89. The van der Waals surface area contributed by atoms with E-state index in [0.29, 0.717) is 0 Å². The molecule has 14 heavy (non-hydrogen) atoms. The van der Waals surface area contributed by atoms with Gasteiger partial charge in [-0.25, -0.2) is 5.48 Å². The van der Waals surface area contributed by atoms with E-state index in [2.05, 4.69) is 5.48 Å². The maximum Gasteiger partial charge on any atom is 0.305 e. The van der Waals surface area contributed by atoms with E-state index in [9.17, 15) is 9.59 Å². The minimum absolute atomic E-state index is 0.417. The van der Waals surface area contributed by atoms with E-state index in [4.69, 9.17) is 15.7 Å². The first kappa shape index (κ1) is 12.9. The molecule has 0 radical (unpaired) electrons. The van der Waals surface area contributed by atoms with Gasteiger partial charge in [0.05, 0.1) is 18.1 Å². The number of aliphatic carboxylic acids is 1. The van der Waals surface area contributed by atoms with Crippen molar-refractivity contribution < 1.29 is 19.5 Å². The molecule has 6 nitrogen and oxygen atoms in total. The van der Waals surface area contributed by atoms with Gasteiger partial charge in [-0.05, 0) is 20.8 Å². The fourth-order valence-corrected chi connectivity index (χ4v) is 0.560. The summed E-state index contributed by atoms with van der Waals surface area (Å²) in [6, 6.07) is -1.09. The van der Waals surface area contributed by atoms with Gasteiger partial charge in [0, 0.05) is 0 Å². The first-order chi connectivity index (χ1) is 6.22. The van der Waals surface area contributed by atoms with E-state index in [1.54, 1.807) is 20.8 Å². The lowest BCUT2D eigenvalue weighted by atomic mass is 10.2. The Kier molecular flexibility index (Phi) is 4.52. The van der Waals surface area contributed by atoms with Gasteiger partial charge in [0.25, 0.3) is 5.91 Å². The summed E-state index contributed by atoms with van der Waals surface area (Å²) in [5.41, 5.74) is 6.85. The number of hydrogen-bond acceptors (Lipinski definition) is 4. The predicted octanol–water partition coefficient (Wildman–Crippen LogP) is -0.365. The van der Waals surface area contributed by atoms with Gasteiger partial charge in [-0.3, -0.25) is 14.4 Å². The molecule has 4 N–H and O–H groups in total. The molecule has 1 amide bonds. The van der Waals surface area contributed by atoms with Crippen molar-refractivity contribution in [2.45, 2.75) is 38.8 Å². The maximum atomic E-state index is 11.1. The summed E-state index contributed by atoms with van der Waals surface area (Å²) in [6.45, 7) is 5.24. The van der Waals surface area contributed by atoms with Crippen LogP contribution in [0.5, 0.6) is 0 Å². The van der Waals surface area contributed by atoms with Crippen LogP contribution < -0.4 is 11.2 Å². The van der Waals surface area contributed by atoms with Crippen molar-refractivity contribution in [3.05, 3.63) is 0 Å². The standard InChI is InChI=1S/C8H16N2O4/c1-8(2,3)14-10-7(13)5(9)4-6(11)12/h5H,4,9H2,1-3H3,(H,10,13)(H,11,12). The molecule has 0 aliphatic carbocycles. The number of hydrogen-bond donors (Lipinski definition) is 3. The predicted molar refractivity (Wildman–Crippen MR) is 49.2 cm³/mol. The Hall–Kier alpha value is -1.14. The Morgan fingerprint density at radius 3 is 2.36 bits per heavy atom. The molecule has 6 heteroatoms.